The Morgan fingerprint density at radius 2 is 1.94 bits per heavy atom. The minimum Gasteiger partial charge on any atom is -0.399 e. The molecule has 2 N–H and O–H groups in total. The zero-order chi connectivity index (χ0) is 12.4. The van der Waals surface area contributed by atoms with Gasteiger partial charge in [-0.2, -0.15) is 0 Å². The highest BCUT2D eigenvalue weighted by molar-refractivity contribution is 9.10. The third kappa shape index (κ3) is 2.77. The number of nitrogen functional groups attached to an aromatic ring is 1. The Balaban J connectivity index is 2.36. The molecule has 0 bridgehead atoms. The third-order valence-electron chi connectivity index (χ3n) is 2.51. The Hall–Kier alpha value is -1.55. The molecule has 0 atom stereocenters. The molecule has 4 heteroatoms. The largest absolute Gasteiger partial charge is 0.399 e. The molecule has 0 saturated heterocycles. The lowest BCUT2D eigenvalue weighted by Crippen LogP contribution is -2.21. The second kappa shape index (κ2) is 4.75. The maximum Gasteiger partial charge on any atom is 0.265 e. The van der Waals surface area contributed by atoms with Gasteiger partial charge in [-0.15, -0.1) is 0 Å². The number of aryl methyl sites for hydroxylation is 1. The molecule has 0 radical (unpaired) electrons. The van der Waals surface area contributed by atoms with Gasteiger partial charge in [-0.25, -0.2) is 0 Å². The fraction of sp³-hybridized carbons (Fsp3) is 0.154. The number of halogens is 1. The van der Waals surface area contributed by atoms with Crippen LogP contribution in [0.2, 0.25) is 0 Å². The van der Waals surface area contributed by atoms with E-state index in [2.05, 4.69) is 15.9 Å². The molecule has 0 amide bonds. The maximum absolute atomic E-state index is 11.9. The minimum atomic E-state index is -0.0209. The van der Waals surface area contributed by atoms with E-state index in [1.54, 1.807) is 4.57 Å². The van der Waals surface area contributed by atoms with Crippen LogP contribution < -0.4 is 11.3 Å². The molecule has 0 aliphatic carbocycles. The van der Waals surface area contributed by atoms with E-state index in [1.807, 2.05) is 43.5 Å². The Morgan fingerprint density at radius 3 is 2.59 bits per heavy atom. The van der Waals surface area contributed by atoms with Crippen molar-refractivity contribution in [3.63, 3.8) is 0 Å². The zero-order valence-electron chi connectivity index (χ0n) is 9.48. The second-order valence-electron chi connectivity index (χ2n) is 4.04. The summed E-state index contributed by atoms with van der Waals surface area (Å²) in [6.07, 6.45) is 1.85. The lowest BCUT2D eigenvalue weighted by Gasteiger charge is -2.08. The summed E-state index contributed by atoms with van der Waals surface area (Å²) in [5.41, 5.74) is 8.43. The monoisotopic (exact) mass is 292 g/mol. The normalized spacial score (nSPS) is 10.5. The Kier molecular flexibility index (Phi) is 3.33. The number of hydrogen-bond acceptors (Lipinski definition) is 2. The first-order valence-corrected chi connectivity index (χ1v) is 6.06. The van der Waals surface area contributed by atoms with Crippen LogP contribution >= 0.6 is 15.9 Å². The van der Waals surface area contributed by atoms with E-state index in [0.717, 1.165) is 16.8 Å². The van der Waals surface area contributed by atoms with Gasteiger partial charge in [0, 0.05) is 11.9 Å². The van der Waals surface area contributed by atoms with Crippen LogP contribution in [-0.2, 0) is 6.54 Å². The lowest BCUT2D eigenvalue weighted by molar-refractivity contribution is 0.750. The van der Waals surface area contributed by atoms with Crippen LogP contribution in [-0.4, -0.2) is 4.57 Å². The van der Waals surface area contributed by atoms with Crippen molar-refractivity contribution in [2.75, 3.05) is 5.73 Å². The summed E-state index contributed by atoms with van der Waals surface area (Å²) in [5.74, 6) is 0. The molecule has 0 saturated carbocycles. The van der Waals surface area contributed by atoms with Gasteiger partial charge in [-0.1, -0.05) is 12.1 Å². The summed E-state index contributed by atoms with van der Waals surface area (Å²) in [5, 5.41) is 0. The van der Waals surface area contributed by atoms with Crippen LogP contribution in [0.25, 0.3) is 0 Å². The molecule has 17 heavy (non-hydrogen) atoms. The van der Waals surface area contributed by atoms with Crippen LogP contribution in [0.5, 0.6) is 0 Å². The Morgan fingerprint density at radius 1 is 1.29 bits per heavy atom. The number of hydrogen-bond donors (Lipinski definition) is 1. The first kappa shape index (κ1) is 11.9. The first-order valence-electron chi connectivity index (χ1n) is 5.27. The van der Waals surface area contributed by atoms with Gasteiger partial charge in [-0.05, 0) is 52.2 Å². The topological polar surface area (TPSA) is 48.0 Å². The highest BCUT2D eigenvalue weighted by Crippen LogP contribution is 2.09. The van der Waals surface area contributed by atoms with E-state index < -0.39 is 0 Å². The van der Waals surface area contributed by atoms with E-state index in [1.165, 1.54) is 0 Å². The van der Waals surface area contributed by atoms with E-state index in [-0.39, 0.29) is 5.56 Å². The van der Waals surface area contributed by atoms with Gasteiger partial charge in [-0.3, -0.25) is 4.79 Å². The van der Waals surface area contributed by atoms with E-state index >= 15 is 0 Å². The molecule has 3 nitrogen and oxygen atoms in total. The summed E-state index contributed by atoms with van der Waals surface area (Å²) in [6.45, 7) is 2.52. The highest BCUT2D eigenvalue weighted by atomic mass is 79.9. The summed E-state index contributed by atoms with van der Waals surface area (Å²) >= 11 is 3.27. The third-order valence-corrected chi connectivity index (χ3v) is 3.08. The first-order chi connectivity index (χ1) is 8.06. The fourth-order valence-electron chi connectivity index (χ4n) is 1.68. The number of nitrogens with zero attached hydrogens (tertiary/aromatic N) is 1. The van der Waals surface area contributed by atoms with Crippen molar-refractivity contribution < 1.29 is 0 Å². The smallest absolute Gasteiger partial charge is 0.265 e. The molecule has 0 aliphatic rings. The van der Waals surface area contributed by atoms with Gasteiger partial charge < -0.3 is 10.3 Å². The second-order valence-corrected chi connectivity index (χ2v) is 4.89. The number of rotatable bonds is 2. The van der Waals surface area contributed by atoms with Gasteiger partial charge in [0.05, 0.1) is 11.0 Å². The van der Waals surface area contributed by atoms with Crippen molar-refractivity contribution in [2.24, 2.45) is 0 Å². The molecular weight excluding hydrogens is 280 g/mol. The van der Waals surface area contributed by atoms with Crippen LogP contribution in [0.3, 0.4) is 0 Å². The Bertz CT molecular complexity index is 587. The van der Waals surface area contributed by atoms with Crippen LogP contribution in [0, 0.1) is 6.92 Å². The average Bonchev–Trinajstić information content (AvgIpc) is 2.28. The number of nitrogens with two attached hydrogens (primary N) is 1. The average molecular weight is 293 g/mol. The van der Waals surface area contributed by atoms with Crippen LogP contribution in [0.4, 0.5) is 5.69 Å². The highest BCUT2D eigenvalue weighted by Gasteiger charge is 2.03. The zero-order valence-corrected chi connectivity index (χ0v) is 11.1. The molecule has 1 aromatic heterocycles. The van der Waals surface area contributed by atoms with Crippen molar-refractivity contribution in [2.45, 2.75) is 13.5 Å². The lowest BCUT2D eigenvalue weighted by atomic mass is 10.2. The van der Waals surface area contributed by atoms with Gasteiger partial charge in [0.15, 0.2) is 0 Å². The molecule has 0 fully saturated rings. The van der Waals surface area contributed by atoms with Crippen LogP contribution in [0.15, 0.2) is 45.8 Å². The maximum atomic E-state index is 11.9. The molecule has 0 spiro atoms. The summed E-state index contributed by atoms with van der Waals surface area (Å²) in [6, 6.07) is 9.36. The van der Waals surface area contributed by atoms with Gasteiger partial charge >= 0.3 is 0 Å². The molecule has 0 aliphatic heterocycles. The van der Waals surface area contributed by atoms with E-state index in [4.69, 9.17) is 5.73 Å². The summed E-state index contributed by atoms with van der Waals surface area (Å²) < 4.78 is 2.28. The van der Waals surface area contributed by atoms with Crippen molar-refractivity contribution in [3.8, 4) is 0 Å². The summed E-state index contributed by atoms with van der Waals surface area (Å²) in [4.78, 5) is 11.9. The SMILES string of the molecule is Cc1cc(Br)c(=O)n(Cc2ccc(N)cc2)c1. The number of anilines is 1. The molecule has 2 aromatic rings. The van der Waals surface area contributed by atoms with Gasteiger partial charge in [0.1, 0.15) is 0 Å². The Labute approximate surface area is 108 Å². The van der Waals surface area contributed by atoms with Gasteiger partial charge in [0.25, 0.3) is 5.56 Å². The number of benzene rings is 1. The quantitative estimate of drug-likeness (QED) is 0.865. The van der Waals surface area contributed by atoms with Crippen molar-refractivity contribution in [3.05, 3.63) is 62.5 Å². The van der Waals surface area contributed by atoms with Crippen LogP contribution in [0.1, 0.15) is 11.1 Å². The van der Waals surface area contributed by atoms with Crippen molar-refractivity contribution >= 4 is 21.6 Å². The molecule has 1 heterocycles. The fourth-order valence-corrected chi connectivity index (χ4v) is 2.27. The number of aromatic nitrogens is 1. The van der Waals surface area contributed by atoms with Gasteiger partial charge in [0.2, 0.25) is 0 Å². The van der Waals surface area contributed by atoms with Crippen molar-refractivity contribution in [1.29, 1.82) is 0 Å². The molecule has 88 valence electrons. The molecule has 2 rings (SSSR count). The standard InChI is InChI=1S/C13H13BrN2O/c1-9-6-12(14)13(17)16(7-9)8-10-2-4-11(15)5-3-10/h2-7H,8,15H2,1H3. The molecular formula is C13H13BrN2O. The minimum absolute atomic E-state index is 0.0209. The predicted octanol–water partition coefficient (Wildman–Crippen LogP) is 2.55. The van der Waals surface area contributed by atoms with E-state index in [0.29, 0.717) is 11.0 Å². The number of pyridine rings is 1. The van der Waals surface area contributed by atoms with Crippen molar-refractivity contribution in [1.82, 2.24) is 4.57 Å². The van der Waals surface area contributed by atoms with E-state index in [9.17, 15) is 4.79 Å². The summed E-state index contributed by atoms with van der Waals surface area (Å²) in [7, 11) is 0. The molecule has 0 unspecified atom stereocenters. The molecule has 1 aromatic carbocycles. The predicted molar refractivity (Wildman–Crippen MR) is 73.1 cm³/mol.